The molecule has 1 aromatic heterocycles. The van der Waals surface area contributed by atoms with E-state index < -0.39 is 0 Å². The molecule has 1 fully saturated rings. The van der Waals surface area contributed by atoms with E-state index >= 15 is 0 Å². The molecule has 0 atom stereocenters. The highest BCUT2D eigenvalue weighted by molar-refractivity contribution is 7.10. The second kappa shape index (κ2) is 6.34. The van der Waals surface area contributed by atoms with Crippen LogP contribution in [0.3, 0.4) is 0 Å². The van der Waals surface area contributed by atoms with Gasteiger partial charge >= 0.3 is 0 Å². The number of nitrogens with one attached hydrogen (secondary N) is 2. The lowest BCUT2D eigenvalue weighted by Crippen LogP contribution is -2.37. The first-order valence-corrected chi connectivity index (χ1v) is 7.56. The van der Waals surface area contributed by atoms with Gasteiger partial charge in [0.2, 0.25) is 5.91 Å². The van der Waals surface area contributed by atoms with Gasteiger partial charge in [0.25, 0.3) is 0 Å². The average molecular weight is 266 g/mol. The predicted octanol–water partition coefficient (Wildman–Crippen LogP) is 2.45. The standard InChI is InChI=1S/C14H22N2OS/c1-10-7-8-18-13(10)9-16-14(17)11-3-5-12(15-2)6-4-11/h7-8,11-12,15H,3-6,9H2,1-2H3,(H,16,17). The van der Waals surface area contributed by atoms with E-state index in [1.54, 1.807) is 11.3 Å². The van der Waals surface area contributed by atoms with Crippen molar-refractivity contribution in [1.82, 2.24) is 10.6 Å². The van der Waals surface area contributed by atoms with Gasteiger partial charge in [-0.05, 0) is 56.7 Å². The van der Waals surface area contributed by atoms with Gasteiger partial charge in [0.15, 0.2) is 0 Å². The zero-order valence-electron chi connectivity index (χ0n) is 11.2. The van der Waals surface area contributed by atoms with Crippen molar-refractivity contribution in [3.63, 3.8) is 0 Å². The van der Waals surface area contributed by atoms with Gasteiger partial charge in [-0.3, -0.25) is 4.79 Å². The first kappa shape index (κ1) is 13.6. The van der Waals surface area contributed by atoms with Crippen molar-refractivity contribution in [3.05, 3.63) is 21.9 Å². The van der Waals surface area contributed by atoms with E-state index in [1.807, 2.05) is 7.05 Å². The number of rotatable bonds is 4. The number of hydrogen-bond donors (Lipinski definition) is 2. The summed E-state index contributed by atoms with van der Waals surface area (Å²) < 4.78 is 0. The van der Waals surface area contributed by atoms with Gasteiger partial charge in [-0.1, -0.05) is 0 Å². The van der Waals surface area contributed by atoms with Crippen LogP contribution in [0.4, 0.5) is 0 Å². The minimum atomic E-state index is 0.217. The Labute approximate surface area is 113 Å². The topological polar surface area (TPSA) is 41.1 Å². The number of thiophene rings is 1. The van der Waals surface area contributed by atoms with E-state index in [1.165, 1.54) is 10.4 Å². The number of aryl methyl sites for hydroxylation is 1. The third-order valence-electron chi connectivity index (χ3n) is 3.90. The van der Waals surface area contributed by atoms with Crippen LogP contribution in [-0.4, -0.2) is 19.0 Å². The van der Waals surface area contributed by atoms with Gasteiger partial charge in [-0.2, -0.15) is 0 Å². The van der Waals surface area contributed by atoms with Gasteiger partial charge in [0.05, 0.1) is 6.54 Å². The van der Waals surface area contributed by atoms with Crippen molar-refractivity contribution in [3.8, 4) is 0 Å². The van der Waals surface area contributed by atoms with Crippen LogP contribution in [0.15, 0.2) is 11.4 Å². The molecule has 0 spiro atoms. The molecule has 1 saturated carbocycles. The Bertz CT molecular complexity index is 394. The Morgan fingerprint density at radius 2 is 2.11 bits per heavy atom. The van der Waals surface area contributed by atoms with Crippen molar-refractivity contribution in [2.75, 3.05) is 7.05 Å². The van der Waals surface area contributed by atoms with Crippen molar-refractivity contribution in [1.29, 1.82) is 0 Å². The number of hydrogen-bond acceptors (Lipinski definition) is 3. The van der Waals surface area contributed by atoms with Gasteiger partial charge in [0.1, 0.15) is 0 Å². The van der Waals surface area contributed by atoms with Crippen LogP contribution >= 0.6 is 11.3 Å². The summed E-state index contributed by atoms with van der Waals surface area (Å²) in [6.07, 6.45) is 4.26. The maximum atomic E-state index is 12.1. The first-order chi connectivity index (χ1) is 8.70. The Morgan fingerprint density at radius 1 is 1.39 bits per heavy atom. The molecule has 0 saturated heterocycles. The van der Waals surface area contributed by atoms with Crippen LogP contribution in [0.2, 0.25) is 0 Å². The van der Waals surface area contributed by atoms with Crippen LogP contribution in [-0.2, 0) is 11.3 Å². The number of carbonyl (C=O) groups is 1. The third kappa shape index (κ3) is 3.33. The monoisotopic (exact) mass is 266 g/mol. The second-order valence-electron chi connectivity index (χ2n) is 5.08. The molecule has 1 aromatic rings. The van der Waals surface area contributed by atoms with E-state index in [4.69, 9.17) is 0 Å². The normalized spacial score (nSPS) is 23.9. The smallest absolute Gasteiger partial charge is 0.223 e. The zero-order valence-corrected chi connectivity index (χ0v) is 12.0. The largest absolute Gasteiger partial charge is 0.351 e. The quantitative estimate of drug-likeness (QED) is 0.879. The van der Waals surface area contributed by atoms with Crippen LogP contribution in [0.5, 0.6) is 0 Å². The van der Waals surface area contributed by atoms with E-state index in [0.29, 0.717) is 12.6 Å². The zero-order chi connectivity index (χ0) is 13.0. The molecule has 0 bridgehead atoms. The van der Waals surface area contributed by atoms with Crippen LogP contribution in [0, 0.1) is 12.8 Å². The molecule has 1 heterocycles. The van der Waals surface area contributed by atoms with Crippen molar-refractivity contribution >= 4 is 17.2 Å². The summed E-state index contributed by atoms with van der Waals surface area (Å²) in [5.74, 6) is 0.451. The maximum Gasteiger partial charge on any atom is 0.223 e. The summed E-state index contributed by atoms with van der Waals surface area (Å²) in [7, 11) is 2.00. The fourth-order valence-corrected chi connectivity index (χ4v) is 3.39. The molecule has 0 aromatic carbocycles. The minimum Gasteiger partial charge on any atom is -0.351 e. The highest BCUT2D eigenvalue weighted by Gasteiger charge is 2.25. The second-order valence-corrected chi connectivity index (χ2v) is 6.08. The Kier molecular flexibility index (Phi) is 4.78. The van der Waals surface area contributed by atoms with Crippen LogP contribution in [0.1, 0.15) is 36.1 Å². The molecule has 1 aliphatic carbocycles. The highest BCUT2D eigenvalue weighted by Crippen LogP contribution is 2.24. The summed E-state index contributed by atoms with van der Waals surface area (Å²) in [4.78, 5) is 13.3. The fraction of sp³-hybridized carbons (Fsp3) is 0.643. The van der Waals surface area contributed by atoms with Crippen molar-refractivity contribution in [2.45, 2.75) is 45.2 Å². The molecule has 2 N–H and O–H groups in total. The van der Waals surface area contributed by atoms with E-state index in [0.717, 1.165) is 25.7 Å². The molecule has 18 heavy (non-hydrogen) atoms. The van der Waals surface area contributed by atoms with E-state index in [9.17, 15) is 4.79 Å². The van der Waals surface area contributed by atoms with Gasteiger partial charge in [-0.25, -0.2) is 0 Å². The molecule has 3 nitrogen and oxygen atoms in total. The molecule has 100 valence electrons. The molecule has 0 radical (unpaired) electrons. The summed E-state index contributed by atoms with van der Waals surface area (Å²) in [5.41, 5.74) is 1.28. The lowest BCUT2D eigenvalue weighted by molar-refractivity contribution is -0.126. The molecule has 0 unspecified atom stereocenters. The molecular formula is C14H22N2OS. The van der Waals surface area contributed by atoms with E-state index in [2.05, 4.69) is 29.0 Å². The average Bonchev–Trinajstić information content (AvgIpc) is 2.81. The Hall–Kier alpha value is -0.870. The van der Waals surface area contributed by atoms with Crippen molar-refractivity contribution in [2.24, 2.45) is 5.92 Å². The van der Waals surface area contributed by atoms with E-state index in [-0.39, 0.29) is 11.8 Å². The predicted molar refractivity (Wildman–Crippen MR) is 75.7 cm³/mol. The Morgan fingerprint density at radius 3 is 2.67 bits per heavy atom. The third-order valence-corrected chi connectivity index (χ3v) is 4.92. The molecule has 0 aliphatic heterocycles. The highest BCUT2D eigenvalue weighted by atomic mass is 32.1. The van der Waals surface area contributed by atoms with Crippen LogP contribution < -0.4 is 10.6 Å². The molecular weight excluding hydrogens is 244 g/mol. The number of carbonyl (C=O) groups excluding carboxylic acids is 1. The molecule has 2 rings (SSSR count). The summed E-state index contributed by atoms with van der Waals surface area (Å²) in [6.45, 7) is 2.78. The lowest BCUT2D eigenvalue weighted by Gasteiger charge is -2.27. The summed E-state index contributed by atoms with van der Waals surface area (Å²) >= 11 is 1.72. The number of amides is 1. The van der Waals surface area contributed by atoms with Crippen LogP contribution in [0.25, 0.3) is 0 Å². The fourth-order valence-electron chi connectivity index (χ4n) is 2.54. The first-order valence-electron chi connectivity index (χ1n) is 6.68. The molecule has 1 aliphatic rings. The lowest BCUT2D eigenvalue weighted by atomic mass is 9.85. The maximum absolute atomic E-state index is 12.1. The SMILES string of the molecule is CNC1CCC(C(=O)NCc2sccc2C)CC1. The van der Waals surface area contributed by atoms with Gasteiger partial charge in [0, 0.05) is 16.8 Å². The Balaban J connectivity index is 1.77. The van der Waals surface area contributed by atoms with Gasteiger partial charge < -0.3 is 10.6 Å². The molecule has 1 amide bonds. The van der Waals surface area contributed by atoms with Crippen molar-refractivity contribution < 1.29 is 4.79 Å². The molecule has 4 heteroatoms. The minimum absolute atomic E-state index is 0.217. The summed E-state index contributed by atoms with van der Waals surface area (Å²) in [5, 5.41) is 8.45. The summed E-state index contributed by atoms with van der Waals surface area (Å²) in [6, 6.07) is 2.71. The van der Waals surface area contributed by atoms with Gasteiger partial charge in [-0.15, -0.1) is 11.3 Å².